The van der Waals surface area contributed by atoms with E-state index in [2.05, 4.69) is 52.8 Å². The summed E-state index contributed by atoms with van der Waals surface area (Å²) in [5, 5.41) is 40.6. The molecule has 7 aliphatic carbocycles. The number of allylic oxidation sites excluding steroid dienone is 4. The molecular weight excluding hydrogens is 661 g/mol. The average Bonchev–Trinajstić information content (AvgIpc) is 3.43. The molecular formula is C47H60O6. The number of rotatable bonds is 1. The maximum atomic E-state index is 12.3. The summed E-state index contributed by atoms with van der Waals surface area (Å²) < 4.78 is 0. The van der Waals surface area contributed by atoms with Gasteiger partial charge in [0.05, 0.1) is 5.41 Å². The molecule has 0 amide bonds. The molecule has 2 aromatic rings. The topological polar surface area (TPSA) is 115 Å². The summed E-state index contributed by atoms with van der Waals surface area (Å²) >= 11 is 0. The fourth-order valence-electron chi connectivity index (χ4n) is 13.6. The minimum Gasteiger partial charge on any atom is -0.508 e. The zero-order valence-electron chi connectivity index (χ0n) is 33.0. The Labute approximate surface area is 315 Å². The second-order valence-corrected chi connectivity index (χ2v) is 19.9. The number of phenolic OH excluding ortho intramolecular Hbond substituents is 3. The molecule has 2 aromatic carbocycles. The van der Waals surface area contributed by atoms with E-state index < -0.39 is 11.4 Å². The Hall–Kier alpha value is -3.54. The number of ketones is 1. The van der Waals surface area contributed by atoms with Crippen molar-refractivity contribution in [3.63, 3.8) is 0 Å². The molecule has 0 bridgehead atoms. The van der Waals surface area contributed by atoms with Crippen LogP contribution < -0.4 is 0 Å². The largest absolute Gasteiger partial charge is 0.508 e. The molecule has 6 heteroatoms. The molecule has 0 spiro atoms. The monoisotopic (exact) mass is 720 g/mol. The third-order valence-electron chi connectivity index (χ3n) is 17.5. The summed E-state index contributed by atoms with van der Waals surface area (Å²) in [7, 11) is 0. The third-order valence-corrected chi connectivity index (χ3v) is 17.5. The molecule has 5 saturated carbocycles. The lowest BCUT2D eigenvalue weighted by molar-refractivity contribution is -0.177. The highest BCUT2D eigenvalue weighted by Gasteiger charge is 2.67. The van der Waals surface area contributed by atoms with Crippen molar-refractivity contribution in [1.29, 1.82) is 0 Å². The van der Waals surface area contributed by atoms with E-state index >= 15 is 0 Å². The van der Waals surface area contributed by atoms with Crippen LogP contribution in [0.2, 0.25) is 0 Å². The number of hydrogen-bond acceptors (Lipinski definition) is 5. The van der Waals surface area contributed by atoms with E-state index in [1.807, 2.05) is 26.0 Å². The number of fused-ring (bicyclic) bond motifs is 12. The number of phenols is 3. The lowest BCUT2D eigenvalue weighted by atomic mass is 9.34. The van der Waals surface area contributed by atoms with Gasteiger partial charge < -0.3 is 20.4 Å². The molecule has 6 nitrogen and oxygen atoms in total. The first kappa shape index (κ1) is 36.4. The smallest absolute Gasteiger partial charge is 0.309 e. The van der Waals surface area contributed by atoms with E-state index in [1.54, 1.807) is 6.07 Å². The van der Waals surface area contributed by atoms with Crippen molar-refractivity contribution in [2.75, 3.05) is 0 Å². The molecule has 9 rings (SSSR count). The Bertz CT molecular complexity index is 1990. The molecule has 0 heterocycles. The van der Waals surface area contributed by atoms with Crippen LogP contribution in [0, 0.1) is 45.8 Å². The van der Waals surface area contributed by atoms with Crippen LogP contribution in [0.3, 0.4) is 0 Å². The van der Waals surface area contributed by atoms with Gasteiger partial charge in [-0.1, -0.05) is 64.0 Å². The van der Waals surface area contributed by atoms with Gasteiger partial charge in [-0.15, -0.1) is 0 Å². The van der Waals surface area contributed by atoms with Gasteiger partial charge in [0.2, 0.25) is 0 Å². The Morgan fingerprint density at radius 3 is 2.30 bits per heavy atom. The van der Waals surface area contributed by atoms with Crippen molar-refractivity contribution in [2.24, 2.45) is 38.9 Å². The van der Waals surface area contributed by atoms with Gasteiger partial charge in [0.1, 0.15) is 11.5 Å². The molecule has 5 fully saturated rings. The highest BCUT2D eigenvalue weighted by molar-refractivity contribution is 5.88. The van der Waals surface area contributed by atoms with E-state index in [-0.39, 0.29) is 38.6 Å². The number of benzene rings is 2. The fourth-order valence-corrected chi connectivity index (χ4v) is 13.6. The highest BCUT2D eigenvalue weighted by atomic mass is 16.4. The van der Waals surface area contributed by atoms with Gasteiger partial charge in [-0.2, -0.15) is 0 Å². The zero-order chi connectivity index (χ0) is 38.1. The molecule has 9 unspecified atom stereocenters. The number of aliphatic carboxylic acids is 1. The van der Waals surface area contributed by atoms with Crippen LogP contribution in [0.4, 0.5) is 0 Å². The second-order valence-electron chi connectivity index (χ2n) is 19.9. The molecule has 0 aliphatic heterocycles. The van der Waals surface area contributed by atoms with Crippen LogP contribution >= 0.6 is 0 Å². The SMILES string of the molecule is CC12CCC3C(=CCc4cc(O)ccc43)C1CCC2=O.Cc1c(O)c(O)cc2c1CC=C1C2(C)CCC2(C)C3CC(C)(C(=O)O)CCC3(C)CCC12C. The predicted octanol–water partition coefficient (Wildman–Crippen LogP) is 10.4. The van der Waals surface area contributed by atoms with Gasteiger partial charge in [0.15, 0.2) is 11.5 Å². The normalized spacial score (nSPS) is 40.7. The molecule has 53 heavy (non-hydrogen) atoms. The number of carbonyl (C=O) groups is 2. The van der Waals surface area contributed by atoms with Crippen LogP contribution in [0.25, 0.3) is 0 Å². The summed E-state index contributed by atoms with van der Waals surface area (Å²) in [4.78, 5) is 24.5. The summed E-state index contributed by atoms with van der Waals surface area (Å²) in [6, 6.07) is 7.60. The molecule has 0 radical (unpaired) electrons. The summed E-state index contributed by atoms with van der Waals surface area (Å²) in [6.45, 7) is 15.7. The standard InChI is InChI=1S/C29H40O4.C18H20O2/c1-17-18-7-8-21-27(4,19(18)15-20(30)23(17)31)12-14-29(6)22-16-26(3,24(32)33)10-9-25(22,2)11-13-28(21,29)5;1-18-9-8-14-13-5-3-12(19)10-11(13)2-4-15(14)16(18)6-7-17(18)20/h8,15,22,30-31H,7,9-14,16H2,1-6H3,(H,32,33);3-5,10,14,16,19H,2,6-9H2,1H3. The van der Waals surface area contributed by atoms with Gasteiger partial charge in [-0.3, -0.25) is 9.59 Å². The van der Waals surface area contributed by atoms with Crippen molar-refractivity contribution in [3.05, 3.63) is 75.4 Å². The summed E-state index contributed by atoms with van der Waals surface area (Å²) in [5.74, 6) is 1.48. The Balaban J connectivity index is 0.000000170. The number of Topliss-reactive ketones (excluding diaryl/α,β-unsaturated/α-hetero) is 1. The summed E-state index contributed by atoms with van der Waals surface area (Å²) in [6.07, 6.45) is 17.1. The Kier molecular flexibility index (Phi) is 8.07. The lowest BCUT2D eigenvalue weighted by Gasteiger charge is -2.69. The van der Waals surface area contributed by atoms with Crippen molar-refractivity contribution < 1.29 is 30.0 Å². The van der Waals surface area contributed by atoms with Gasteiger partial charge in [0.25, 0.3) is 0 Å². The maximum Gasteiger partial charge on any atom is 0.309 e. The number of carboxylic acids is 1. The van der Waals surface area contributed by atoms with Crippen LogP contribution in [-0.4, -0.2) is 32.2 Å². The summed E-state index contributed by atoms with van der Waals surface area (Å²) in [5.41, 5.74) is 8.04. The van der Waals surface area contributed by atoms with E-state index in [4.69, 9.17) is 0 Å². The first-order chi connectivity index (χ1) is 24.8. The minimum atomic E-state index is -0.641. The zero-order valence-corrected chi connectivity index (χ0v) is 33.0. The van der Waals surface area contributed by atoms with Crippen molar-refractivity contribution >= 4 is 11.8 Å². The number of carboxylic acid groups (broad SMARTS) is 1. The van der Waals surface area contributed by atoms with Crippen molar-refractivity contribution in [2.45, 2.75) is 143 Å². The molecule has 4 N–H and O–H groups in total. The Morgan fingerprint density at radius 2 is 1.57 bits per heavy atom. The van der Waals surface area contributed by atoms with Crippen LogP contribution in [0.1, 0.15) is 146 Å². The van der Waals surface area contributed by atoms with Crippen LogP contribution in [0.15, 0.2) is 47.6 Å². The first-order valence-corrected chi connectivity index (χ1v) is 20.4. The van der Waals surface area contributed by atoms with Crippen molar-refractivity contribution in [1.82, 2.24) is 0 Å². The number of carbonyl (C=O) groups excluding carboxylic acids is 1. The average molecular weight is 721 g/mol. The Morgan fingerprint density at radius 1 is 0.830 bits per heavy atom. The van der Waals surface area contributed by atoms with E-state index in [0.717, 1.165) is 94.6 Å². The number of aromatic hydroxyl groups is 3. The number of hydrogen-bond donors (Lipinski definition) is 4. The van der Waals surface area contributed by atoms with Gasteiger partial charge in [-0.05, 0) is 165 Å². The second kappa shape index (κ2) is 11.7. The van der Waals surface area contributed by atoms with Gasteiger partial charge in [0, 0.05) is 23.2 Å². The highest BCUT2D eigenvalue weighted by Crippen LogP contribution is 2.74. The molecule has 284 valence electrons. The molecule has 0 aromatic heterocycles. The lowest BCUT2D eigenvalue weighted by Crippen LogP contribution is -2.62. The minimum absolute atomic E-state index is 0.00431. The van der Waals surface area contributed by atoms with Crippen molar-refractivity contribution in [3.8, 4) is 17.2 Å². The van der Waals surface area contributed by atoms with Crippen LogP contribution in [0.5, 0.6) is 17.2 Å². The first-order valence-electron chi connectivity index (χ1n) is 20.4. The van der Waals surface area contributed by atoms with Gasteiger partial charge in [-0.25, -0.2) is 0 Å². The van der Waals surface area contributed by atoms with E-state index in [0.29, 0.717) is 29.3 Å². The van der Waals surface area contributed by atoms with Crippen LogP contribution in [-0.2, 0) is 27.8 Å². The fraction of sp³-hybridized carbons (Fsp3) is 0.617. The predicted molar refractivity (Wildman–Crippen MR) is 207 cm³/mol. The van der Waals surface area contributed by atoms with E-state index in [1.165, 1.54) is 27.8 Å². The molecule has 0 saturated heterocycles. The quantitative estimate of drug-likeness (QED) is 0.172. The third kappa shape index (κ3) is 4.94. The van der Waals surface area contributed by atoms with Gasteiger partial charge >= 0.3 is 5.97 Å². The van der Waals surface area contributed by atoms with E-state index in [9.17, 15) is 30.0 Å². The maximum absolute atomic E-state index is 12.3. The molecule has 7 aliphatic rings. The molecule has 9 atom stereocenters.